The van der Waals surface area contributed by atoms with Crippen molar-refractivity contribution in [3.05, 3.63) is 11.4 Å². The van der Waals surface area contributed by atoms with Gasteiger partial charge in [0.2, 0.25) is 5.91 Å². The van der Waals surface area contributed by atoms with Crippen molar-refractivity contribution in [2.75, 3.05) is 32.4 Å². The van der Waals surface area contributed by atoms with E-state index in [1.54, 1.807) is 4.68 Å². The molecule has 2 heterocycles. The fourth-order valence-corrected chi connectivity index (χ4v) is 2.82. The fraction of sp³-hybridized carbons (Fsp3) is 0.733. The Balaban J connectivity index is 1.71. The molecule has 0 spiro atoms. The van der Waals surface area contributed by atoms with Crippen molar-refractivity contribution >= 4 is 11.6 Å². The molecule has 0 aliphatic carbocycles. The highest BCUT2D eigenvalue weighted by Gasteiger charge is 2.17. The molecule has 0 radical (unpaired) electrons. The van der Waals surface area contributed by atoms with Crippen LogP contribution in [0.3, 0.4) is 0 Å². The second-order valence-corrected chi connectivity index (χ2v) is 6.13. The quantitative estimate of drug-likeness (QED) is 0.847. The summed E-state index contributed by atoms with van der Waals surface area (Å²) in [6.07, 6.45) is 3.54. The lowest BCUT2D eigenvalue weighted by Crippen LogP contribution is -2.33. The normalized spacial score (nSPS) is 17.1. The Hall–Kier alpha value is -1.56. The minimum absolute atomic E-state index is 0.00790. The van der Waals surface area contributed by atoms with Crippen LogP contribution in [0.25, 0.3) is 0 Å². The maximum absolute atomic E-state index is 12.0. The molecule has 1 aliphatic rings. The lowest BCUT2D eigenvalue weighted by Gasteiger charge is -2.28. The van der Waals surface area contributed by atoms with Crippen LogP contribution in [0.5, 0.6) is 0 Å². The van der Waals surface area contributed by atoms with Crippen LogP contribution in [-0.2, 0) is 11.3 Å². The molecule has 3 N–H and O–H groups in total. The maximum atomic E-state index is 12.0. The number of piperidine rings is 1. The Morgan fingerprint density at radius 2 is 2.05 bits per heavy atom. The number of aryl methyl sites for hydroxylation is 1. The third-order valence-electron chi connectivity index (χ3n) is 4.44. The topological polar surface area (TPSA) is 76.2 Å². The van der Waals surface area contributed by atoms with E-state index in [0.29, 0.717) is 5.69 Å². The SMILES string of the molecule is Cc1nn(CC(=O)NCCC2CCN(C)CC2)c(C)c1N. The van der Waals surface area contributed by atoms with Crippen molar-refractivity contribution in [2.45, 2.75) is 39.7 Å². The Bertz CT molecular complexity index is 488. The van der Waals surface area contributed by atoms with Crippen LogP contribution in [0.2, 0.25) is 0 Å². The molecule has 1 aromatic heterocycles. The number of rotatable bonds is 5. The van der Waals surface area contributed by atoms with Crippen molar-refractivity contribution in [2.24, 2.45) is 5.92 Å². The van der Waals surface area contributed by atoms with Crippen LogP contribution in [0.15, 0.2) is 0 Å². The molecule has 6 heteroatoms. The van der Waals surface area contributed by atoms with Crippen molar-refractivity contribution in [1.82, 2.24) is 20.0 Å². The third kappa shape index (κ3) is 4.20. The molecule has 0 aromatic carbocycles. The number of carbonyl (C=O) groups is 1. The molecule has 2 rings (SSSR count). The molecule has 0 saturated carbocycles. The summed E-state index contributed by atoms with van der Waals surface area (Å²) in [5.74, 6) is 0.749. The number of amides is 1. The molecule has 0 unspecified atom stereocenters. The Morgan fingerprint density at radius 1 is 1.38 bits per heavy atom. The minimum Gasteiger partial charge on any atom is -0.396 e. The molecule has 6 nitrogen and oxygen atoms in total. The summed E-state index contributed by atoms with van der Waals surface area (Å²) >= 11 is 0. The molecule has 1 saturated heterocycles. The van der Waals surface area contributed by atoms with E-state index in [-0.39, 0.29) is 12.5 Å². The van der Waals surface area contributed by atoms with E-state index in [2.05, 4.69) is 22.4 Å². The summed E-state index contributed by atoms with van der Waals surface area (Å²) in [7, 11) is 2.16. The predicted molar refractivity (Wildman–Crippen MR) is 84.0 cm³/mol. The molecule has 1 fully saturated rings. The number of carbonyl (C=O) groups excluding carboxylic acids is 1. The number of nitrogens with two attached hydrogens (primary N) is 1. The molecule has 21 heavy (non-hydrogen) atoms. The van der Waals surface area contributed by atoms with E-state index in [0.717, 1.165) is 30.3 Å². The highest BCUT2D eigenvalue weighted by Crippen LogP contribution is 2.18. The Morgan fingerprint density at radius 3 is 2.62 bits per heavy atom. The van der Waals surface area contributed by atoms with Crippen LogP contribution >= 0.6 is 0 Å². The van der Waals surface area contributed by atoms with Gasteiger partial charge >= 0.3 is 0 Å². The van der Waals surface area contributed by atoms with Crippen molar-refractivity contribution in [3.8, 4) is 0 Å². The van der Waals surface area contributed by atoms with Crippen LogP contribution < -0.4 is 11.1 Å². The highest BCUT2D eigenvalue weighted by atomic mass is 16.2. The van der Waals surface area contributed by atoms with Gasteiger partial charge in [-0.3, -0.25) is 9.48 Å². The third-order valence-corrected chi connectivity index (χ3v) is 4.44. The summed E-state index contributed by atoms with van der Waals surface area (Å²) in [6.45, 7) is 7.09. The zero-order valence-corrected chi connectivity index (χ0v) is 13.4. The van der Waals surface area contributed by atoms with E-state index in [4.69, 9.17) is 5.73 Å². The highest BCUT2D eigenvalue weighted by molar-refractivity contribution is 5.75. The molecule has 118 valence electrons. The average Bonchev–Trinajstić information content (AvgIpc) is 2.68. The standard InChI is InChI=1S/C15H27N5O/c1-11-15(16)12(2)20(18-11)10-14(21)17-7-4-13-5-8-19(3)9-6-13/h13H,4-10,16H2,1-3H3,(H,17,21). The zero-order valence-electron chi connectivity index (χ0n) is 13.4. The van der Waals surface area contributed by atoms with Gasteiger partial charge in [-0.15, -0.1) is 0 Å². The first-order valence-corrected chi connectivity index (χ1v) is 7.72. The summed E-state index contributed by atoms with van der Waals surface area (Å²) in [5.41, 5.74) is 8.19. The molecule has 0 bridgehead atoms. The van der Waals surface area contributed by atoms with Gasteiger partial charge in [-0.1, -0.05) is 0 Å². The molecule has 1 aromatic rings. The number of aromatic nitrogens is 2. The average molecular weight is 293 g/mol. The summed E-state index contributed by atoms with van der Waals surface area (Å²) in [6, 6.07) is 0. The first-order chi connectivity index (χ1) is 9.97. The van der Waals surface area contributed by atoms with Crippen molar-refractivity contribution in [3.63, 3.8) is 0 Å². The summed E-state index contributed by atoms with van der Waals surface area (Å²) < 4.78 is 1.68. The maximum Gasteiger partial charge on any atom is 0.241 e. The molecular formula is C15H27N5O. The van der Waals surface area contributed by atoms with E-state index >= 15 is 0 Å². The number of hydrogen-bond donors (Lipinski definition) is 2. The van der Waals surface area contributed by atoms with Gasteiger partial charge in [-0.2, -0.15) is 5.10 Å². The van der Waals surface area contributed by atoms with E-state index in [1.165, 1.54) is 25.9 Å². The van der Waals surface area contributed by atoms with Gasteiger partial charge in [0, 0.05) is 6.54 Å². The first kappa shape index (κ1) is 15.8. The van der Waals surface area contributed by atoms with Crippen molar-refractivity contribution in [1.29, 1.82) is 0 Å². The number of likely N-dealkylation sites (tertiary alicyclic amines) is 1. The lowest BCUT2D eigenvalue weighted by atomic mass is 9.94. The van der Waals surface area contributed by atoms with Gasteiger partial charge < -0.3 is 16.0 Å². The van der Waals surface area contributed by atoms with Crippen LogP contribution in [-0.4, -0.2) is 47.3 Å². The van der Waals surface area contributed by atoms with Crippen LogP contribution in [0, 0.1) is 19.8 Å². The first-order valence-electron chi connectivity index (χ1n) is 7.72. The summed E-state index contributed by atoms with van der Waals surface area (Å²) in [4.78, 5) is 14.3. The lowest BCUT2D eigenvalue weighted by molar-refractivity contribution is -0.121. The largest absolute Gasteiger partial charge is 0.396 e. The number of hydrogen-bond acceptors (Lipinski definition) is 4. The second-order valence-electron chi connectivity index (χ2n) is 6.13. The van der Waals surface area contributed by atoms with E-state index in [1.807, 2.05) is 13.8 Å². The molecule has 1 aliphatic heterocycles. The molecule has 0 atom stereocenters. The van der Waals surface area contributed by atoms with Crippen molar-refractivity contribution < 1.29 is 4.79 Å². The second kappa shape index (κ2) is 6.93. The Kier molecular flexibility index (Phi) is 5.22. The minimum atomic E-state index is 0.00790. The van der Waals surface area contributed by atoms with Gasteiger partial charge in [-0.25, -0.2) is 0 Å². The number of nitrogen functional groups attached to an aromatic ring is 1. The van der Waals surface area contributed by atoms with Gasteiger partial charge in [0.15, 0.2) is 0 Å². The number of anilines is 1. The van der Waals surface area contributed by atoms with Crippen LogP contribution in [0.4, 0.5) is 5.69 Å². The smallest absolute Gasteiger partial charge is 0.241 e. The van der Waals surface area contributed by atoms with Crippen LogP contribution in [0.1, 0.15) is 30.7 Å². The van der Waals surface area contributed by atoms with Gasteiger partial charge in [0.25, 0.3) is 0 Å². The predicted octanol–water partition coefficient (Wildman–Crippen LogP) is 0.930. The van der Waals surface area contributed by atoms with Gasteiger partial charge in [0.05, 0.1) is 17.1 Å². The van der Waals surface area contributed by atoms with Gasteiger partial charge in [0.1, 0.15) is 6.54 Å². The van der Waals surface area contributed by atoms with E-state index < -0.39 is 0 Å². The summed E-state index contributed by atoms with van der Waals surface area (Å²) in [5, 5.41) is 7.27. The molecule has 1 amide bonds. The van der Waals surface area contributed by atoms with Gasteiger partial charge in [-0.05, 0) is 59.2 Å². The van der Waals surface area contributed by atoms with E-state index in [9.17, 15) is 4.79 Å². The number of nitrogens with one attached hydrogen (secondary N) is 1. The number of nitrogens with zero attached hydrogens (tertiary/aromatic N) is 3. The fourth-order valence-electron chi connectivity index (χ4n) is 2.82. The zero-order chi connectivity index (χ0) is 15.4. The monoisotopic (exact) mass is 293 g/mol. The Labute approximate surface area is 126 Å². The molecular weight excluding hydrogens is 266 g/mol.